The number of urea groups is 1. The van der Waals surface area contributed by atoms with Crippen molar-refractivity contribution in [3.63, 3.8) is 0 Å². The lowest BCUT2D eigenvalue weighted by Crippen LogP contribution is -2.53. The first-order valence-corrected chi connectivity index (χ1v) is 8.34. The van der Waals surface area contributed by atoms with Crippen molar-refractivity contribution in [3.8, 4) is 0 Å². The van der Waals surface area contributed by atoms with Crippen molar-refractivity contribution in [2.45, 2.75) is 70.5 Å². The van der Waals surface area contributed by atoms with E-state index in [2.05, 4.69) is 19.2 Å². The zero-order valence-corrected chi connectivity index (χ0v) is 12.9. The van der Waals surface area contributed by atoms with Crippen LogP contribution < -0.4 is 5.32 Å². The number of hydrogen-bond donors (Lipinski definition) is 2. The van der Waals surface area contributed by atoms with Crippen molar-refractivity contribution in [3.05, 3.63) is 0 Å². The average Bonchev–Trinajstić information content (AvgIpc) is 3.11. The molecule has 0 aromatic rings. The highest BCUT2D eigenvalue weighted by molar-refractivity contribution is 5.78. The van der Waals surface area contributed by atoms with Crippen LogP contribution in [-0.2, 0) is 4.79 Å². The first-order chi connectivity index (χ1) is 10.0. The molecule has 6 unspecified atom stereocenters. The summed E-state index contributed by atoms with van der Waals surface area (Å²) in [5.74, 6) is -0.506. The van der Waals surface area contributed by atoms with Crippen LogP contribution in [0, 0.1) is 17.8 Å². The quantitative estimate of drug-likeness (QED) is 0.840. The van der Waals surface area contributed by atoms with Gasteiger partial charge in [0.25, 0.3) is 0 Å². The van der Waals surface area contributed by atoms with Gasteiger partial charge in [-0.1, -0.05) is 6.92 Å². The van der Waals surface area contributed by atoms with Crippen LogP contribution in [0.4, 0.5) is 4.79 Å². The highest BCUT2D eigenvalue weighted by Crippen LogP contribution is 2.48. The number of amides is 2. The predicted molar refractivity (Wildman–Crippen MR) is 78.9 cm³/mol. The first kappa shape index (κ1) is 14.7. The summed E-state index contributed by atoms with van der Waals surface area (Å²) in [6.07, 6.45) is 6.11. The standard InChI is InChI=1S/C16H26N2O3/c1-3-12-7-4-9(2)18(12)16(21)17-14-11-6-5-10(8-11)13(14)15(19)20/h9-14H,3-8H2,1-2H3,(H,17,21)(H,19,20). The number of rotatable bonds is 3. The third-order valence-electron chi connectivity index (χ3n) is 5.98. The van der Waals surface area contributed by atoms with E-state index in [0.29, 0.717) is 12.0 Å². The maximum absolute atomic E-state index is 12.6. The Morgan fingerprint density at radius 1 is 1.19 bits per heavy atom. The molecule has 3 rings (SSSR count). The van der Waals surface area contributed by atoms with Gasteiger partial charge in [0, 0.05) is 18.1 Å². The summed E-state index contributed by atoms with van der Waals surface area (Å²) in [6, 6.07) is 0.355. The third kappa shape index (κ3) is 2.40. The van der Waals surface area contributed by atoms with Crippen LogP contribution in [0.1, 0.15) is 52.4 Å². The van der Waals surface area contributed by atoms with Crippen molar-refractivity contribution < 1.29 is 14.7 Å². The lowest BCUT2D eigenvalue weighted by molar-refractivity contribution is -0.144. The van der Waals surface area contributed by atoms with E-state index >= 15 is 0 Å². The van der Waals surface area contributed by atoms with Gasteiger partial charge in [-0.05, 0) is 57.3 Å². The van der Waals surface area contributed by atoms with Gasteiger partial charge in [-0.3, -0.25) is 4.79 Å². The molecule has 118 valence electrons. The van der Waals surface area contributed by atoms with Crippen molar-refractivity contribution in [1.82, 2.24) is 10.2 Å². The van der Waals surface area contributed by atoms with E-state index in [-0.39, 0.29) is 30.0 Å². The van der Waals surface area contributed by atoms with Gasteiger partial charge in [0.15, 0.2) is 0 Å². The van der Waals surface area contributed by atoms with Gasteiger partial charge in [0.2, 0.25) is 0 Å². The number of hydrogen-bond acceptors (Lipinski definition) is 2. The summed E-state index contributed by atoms with van der Waals surface area (Å²) in [5.41, 5.74) is 0. The van der Waals surface area contributed by atoms with Crippen LogP contribution >= 0.6 is 0 Å². The molecule has 1 heterocycles. The number of carbonyl (C=O) groups excluding carboxylic acids is 1. The summed E-state index contributed by atoms with van der Waals surface area (Å²) >= 11 is 0. The molecule has 5 nitrogen and oxygen atoms in total. The number of likely N-dealkylation sites (tertiary alicyclic amines) is 1. The Morgan fingerprint density at radius 2 is 1.90 bits per heavy atom. The van der Waals surface area contributed by atoms with Gasteiger partial charge < -0.3 is 15.3 Å². The Bertz CT molecular complexity index is 439. The molecule has 0 aromatic carbocycles. The largest absolute Gasteiger partial charge is 0.481 e. The molecular formula is C16H26N2O3. The van der Waals surface area contributed by atoms with E-state index in [1.807, 2.05) is 4.90 Å². The zero-order valence-electron chi connectivity index (χ0n) is 12.9. The van der Waals surface area contributed by atoms with Crippen LogP contribution in [0.25, 0.3) is 0 Å². The monoisotopic (exact) mass is 294 g/mol. The topological polar surface area (TPSA) is 69.6 Å². The smallest absolute Gasteiger partial charge is 0.318 e. The van der Waals surface area contributed by atoms with E-state index in [4.69, 9.17) is 0 Å². The van der Waals surface area contributed by atoms with Gasteiger partial charge in [-0.25, -0.2) is 4.79 Å². The van der Waals surface area contributed by atoms with Crippen LogP contribution in [0.5, 0.6) is 0 Å². The average molecular weight is 294 g/mol. The minimum atomic E-state index is -0.742. The fraction of sp³-hybridized carbons (Fsp3) is 0.875. The molecule has 2 saturated carbocycles. The fourth-order valence-corrected chi connectivity index (χ4v) is 4.91. The molecule has 2 bridgehead atoms. The molecule has 5 heteroatoms. The number of aliphatic carboxylic acids is 1. The molecule has 2 amide bonds. The summed E-state index contributed by atoms with van der Waals surface area (Å²) in [6.45, 7) is 4.20. The summed E-state index contributed by atoms with van der Waals surface area (Å²) in [4.78, 5) is 26.1. The number of carboxylic acids is 1. The number of carboxylic acid groups (broad SMARTS) is 1. The van der Waals surface area contributed by atoms with Crippen molar-refractivity contribution in [2.75, 3.05) is 0 Å². The molecule has 0 radical (unpaired) electrons. The van der Waals surface area contributed by atoms with Crippen LogP contribution in [0.2, 0.25) is 0 Å². The van der Waals surface area contributed by atoms with Crippen molar-refractivity contribution in [1.29, 1.82) is 0 Å². The molecule has 0 aromatic heterocycles. The third-order valence-corrected chi connectivity index (χ3v) is 5.98. The highest BCUT2D eigenvalue weighted by Gasteiger charge is 2.52. The van der Waals surface area contributed by atoms with Crippen LogP contribution in [0.3, 0.4) is 0 Å². The number of nitrogens with one attached hydrogen (secondary N) is 1. The minimum absolute atomic E-state index is 0.0457. The molecule has 2 aliphatic carbocycles. The Hall–Kier alpha value is -1.26. The summed E-state index contributed by atoms with van der Waals surface area (Å²) in [5, 5.41) is 12.6. The number of nitrogens with zero attached hydrogens (tertiary/aromatic N) is 1. The number of carbonyl (C=O) groups is 2. The zero-order chi connectivity index (χ0) is 15.1. The second kappa shape index (κ2) is 5.50. The molecule has 21 heavy (non-hydrogen) atoms. The van der Waals surface area contributed by atoms with E-state index < -0.39 is 5.97 Å². The molecular weight excluding hydrogens is 268 g/mol. The van der Waals surface area contributed by atoms with Gasteiger partial charge in [0.1, 0.15) is 0 Å². The molecule has 1 saturated heterocycles. The fourth-order valence-electron chi connectivity index (χ4n) is 4.91. The normalized spacial score (nSPS) is 41.5. The summed E-state index contributed by atoms with van der Waals surface area (Å²) < 4.78 is 0. The molecule has 3 fully saturated rings. The van der Waals surface area contributed by atoms with Crippen molar-refractivity contribution >= 4 is 12.0 Å². The SMILES string of the molecule is CCC1CCC(C)N1C(=O)NC1C2CCC(C2)C1C(=O)O. The molecule has 0 spiro atoms. The second-order valence-electron chi connectivity index (χ2n) is 7.07. The van der Waals surface area contributed by atoms with Crippen molar-refractivity contribution in [2.24, 2.45) is 17.8 Å². The minimum Gasteiger partial charge on any atom is -0.481 e. The Morgan fingerprint density at radius 3 is 2.57 bits per heavy atom. The van der Waals surface area contributed by atoms with E-state index in [9.17, 15) is 14.7 Å². The number of fused-ring (bicyclic) bond motifs is 2. The molecule has 1 aliphatic heterocycles. The van der Waals surface area contributed by atoms with E-state index in [1.54, 1.807) is 0 Å². The van der Waals surface area contributed by atoms with E-state index in [0.717, 1.165) is 38.5 Å². The predicted octanol–water partition coefficient (Wildman–Crippen LogP) is 2.46. The summed E-state index contributed by atoms with van der Waals surface area (Å²) in [7, 11) is 0. The van der Waals surface area contributed by atoms with Crippen LogP contribution in [-0.4, -0.2) is 40.1 Å². The van der Waals surface area contributed by atoms with Gasteiger partial charge in [-0.2, -0.15) is 0 Å². The van der Waals surface area contributed by atoms with Gasteiger partial charge in [0.05, 0.1) is 5.92 Å². The molecule has 3 aliphatic rings. The maximum Gasteiger partial charge on any atom is 0.318 e. The lowest BCUT2D eigenvalue weighted by atomic mass is 9.84. The van der Waals surface area contributed by atoms with E-state index in [1.165, 1.54) is 0 Å². The highest BCUT2D eigenvalue weighted by atomic mass is 16.4. The lowest BCUT2D eigenvalue weighted by Gasteiger charge is -2.34. The molecule has 6 atom stereocenters. The molecule has 2 N–H and O–H groups in total. The van der Waals surface area contributed by atoms with Crippen LogP contribution in [0.15, 0.2) is 0 Å². The second-order valence-corrected chi connectivity index (χ2v) is 7.07. The Kier molecular flexibility index (Phi) is 3.84. The van der Waals surface area contributed by atoms with Gasteiger partial charge >= 0.3 is 12.0 Å². The maximum atomic E-state index is 12.6. The Balaban J connectivity index is 1.70. The first-order valence-electron chi connectivity index (χ1n) is 8.34. The Labute approximate surface area is 126 Å². The van der Waals surface area contributed by atoms with Gasteiger partial charge in [-0.15, -0.1) is 0 Å².